The zero-order valence-corrected chi connectivity index (χ0v) is 30.3. The summed E-state index contributed by atoms with van der Waals surface area (Å²) < 4.78 is 0. The number of carbonyl (C=O) groups excluding carboxylic acids is 11. The third-order valence-corrected chi connectivity index (χ3v) is 8.66. The first-order valence-corrected chi connectivity index (χ1v) is 18.2. The standard InChI is InChI=1S/C18H31NO3.C8H11NO3.C6H9NO2.C4H6N2O3/c20-15-10-8-6-4-2-1-3-5-7-9-13-19-14-11-17(12-16-21)18(19)22;10-5-2-7-1-3-9(4-6-11)8(7)12;8-5-4-7-3-1-2-6(7)9;5-3(8)4(9)6-1-2-7/h15-17H,1-14H2;5-7H,1-4H2;5H,1-4H2;2H,1H2,(H2,5,8)(H,6,9). The molecule has 292 valence electrons. The van der Waals surface area contributed by atoms with Crippen molar-refractivity contribution in [1.82, 2.24) is 20.0 Å². The molecule has 52 heavy (non-hydrogen) atoms. The van der Waals surface area contributed by atoms with Gasteiger partial charge in [-0.25, -0.2) is 0 Å². The van der Waals surface area contributed by atoms with Crippen molar-refractivity contribution >= 4 is 67.3 Å². The molecule has 3 heterocycles. The van der Waals surface area contributed by atoms with Crippen LogP contribution in [0.3, 0.4) is 0 Å². The van der Waals surface area contributed by atoms with E-state index in [0.717, 1.165) is 70.5 Å². The first-order valence-electron chi connectivity index (χ1n) is 18.2. The minimum Gasteiger partial charge on any atom is -0.361 e. The molecule has 5 amide bonds. The molecule has 16 nitrogen and oxygen atoms in total. The number of likely N-dealkylation sites (tertiary alicyclic amines) is 3. The quantitative estimate of drug-likeness (QED) is 0.0894. The van der Waals surface area contributed by atoms with Gasteiger partial charge in [0.15, 0.2) is 0 Å². The highest BCUT2D eigenvalue weighted by molar-refractivity contribution is 6.34. The van der Waals surface area contributed by atoms with Crippen molar-refractivity contribution in [1.29, 1.82) is 0 Å². The SMILES string of the molecule is NC(=O)C(=O)NCC=O.O=CCC1CCN(CC=O)C1=O.O=CCCCCCCCCCCCN1CCC(CC=O)C1=O.O=CCN1CCCC1=O. The summed E-state index contributed by atoms with van der Waals surface area (Å²) in [4.78, 5) is 119. The molecule has 3 aliphatic rings. The molecule has 0 aromatic rings. The van der Waals surface area contributed by atoms with Crippen molar-refractivity contribution in [3.8, 4) is 0 Å². The summed E-state index contributed by atoms with van der Waals surface area (Å²) in [5.74, 6) is -2.02. The first kappa shape index (κ1) is 47.4. The van der Waals surface area contributed by atoms with Crippen molar-refractivity contribution in [2.24, 2.45) is 17.6 Å². The van der Waals surface area contributed by atoms with Crippen LogP contribution in [0.2, 0.25) is 0 Å². The Hall–Kier alpha value is -4.63. The van der Waals surface area contributed by atoms with Crippen LogP contribution in [0.25, 0.3) is 0 Å². The van der Waals surface area contributed by atoms with Gasteiger partial charge in [-0.15, -0.1) is 0 Å². The van der Waals surface area contributed by atoms with Gasteiger partial charge in [0.25, 0.3) is 0 Å². The maximum Gasteiger partial charge on any atom is 0.309 e. The second-order valence-electron chi connectivity index (χ2n) is 12.5. The molecule has 0 saturated carbocycles. The van der Waals surface area contributed by atoms with E-state index in [1.54, 1.807) is 4.90 Å². The van der Waals surface area contributed by atoms with Crippen LogP contribution >= 0.6 is 0 Å². The van der Waals surface area contributed by atoms with Crippen molar-refractivity contribution in [3.05, 3.63) is 0 Å². The molecule has 0 bridgehead atoms. The molecule has 3 saturated heterocycles. The van der Waals surface area contributed by atoms with Gasteiger partial charge in [-0.1, -0.05) is 44.9 Å². The highest BCUT2D eigenvalue weighted by atomic mass is 16.2. The van der Waals surface area contributed by atoms with Crippen LogP contribution in [0.1, 0.15) is 103 Å². The van der Waals surface area contributed by atoms with Gasteiger partial charge in [0.1, 0.15) is 37.7 Å². The van der Waals surface area contributed by atoms with E-state index in [1.165, 1.54) is 49.8 Å². The zero-order chi connectivity index (χ0) is 39.0. The average Bonchev–Trinajstić information content (AvgIpc) is 3.82. The molecule has 16 heteroatoms. The van der Waals surface area contributed by atoms with E-state index >= 15 is 0 Å². The van der Waals surface area contributed by atoms with Gasteiger partial charge in [0.05, 0.1) is 19.6 Å². The van der Waals surface area contributed by atoms with Crippen molar-refractivity contribution < 1.29 is 52.7 Å². The molecule has 3 N–H and O–H groups in total. The van der Waals surface area contributed by atoms with Crippen LogP contribution in [0.15, 0.2) is 0 Å². The number of nitrogens with two attached hydrogens (primary N) is 1. The molecule has 3 fully saturated rings. The molecule has 0 aliphatic carbocycles. The predicted octanol–water partition coefficient (Wildman–Crippen LogP) is 0.741. The van der Waals surface area contributed by atoms with Crippen LogP contribution in [0.4, 0.5) is 0 Å². The average molecular weight is 736 g/mol. The van der Waals surface area contributed by atoms with Crippen LogP contribution < -0.4 is 11.1 Å². The Balaban J connectivity index is 0.000000729. The third kappa shape index (κ3) is 21.6. The highest BCUT2D eigenvalue weighted by Gasteiger charge is 2.31. The number of amides is 5. The Bertz CT molecular complexity index is 1130. The number of primary amides is 1. The van der Waals surface area contributed by atoms with E-state index in [4.69, 9.17) is 0 Å². The number of unbranched alkanes of at least 4 members (excludes halogenated alkanes) is 9. The van der Waals surface area contributed by atoms with Gasteiger partial charge in [-0.05, 0) is 32.1 Å². The van der Waals surface area contributed by atoms with Crippen molar-refractivity contribution in [3.63, 3.8) is 0 Å². The lowest BCUT2D eigenvalue weighted by Crippen LogP contribution is -2.36. The number of nitrogens with zero attached hydrogens (tertiary/aromatic N) is 3. The molecule has 2 atom stereocenters. The van der Waals surface area contributed by atoms with Crippen LogP contribution in [0, 0.1) is 11.8 Å². The summed E-state index contributed by atoms with van der Waals surface area (Å²) in [7, 11) is 0. The fourth-order valence-corrected chi connectivity index (χ4v) is 5.75. The Labute approximate surface area is 305 Å². The Morgan fingerprint density at radius 1 is 0.615 bits per heavy atom. The van der Waals surface area contributed by atoms with Gasteiger partial charge in [0.2, 0.25) is 17.7 Å². The maximum absolute atomic E-state index is 12.0. The molecule has 0 radical (unpaired) electrons. The number of rotatable bonds is 22. The molecule has 3 aliphatic heterocycles. The summed E-state index contributed by atoms with van der Waals surface area (Å²) in [5.41, 5.74) is 4.51. The van der Waals surface area contributed by atoms with Gasteiger partial charge >= 0.3 is 11.8 Å². The summed E-state index contributed by atoms with van der Waals surface area (Å²) >= 11 is 0. The largest absolute Gasteiger partial charge is 0.361 e. The molecular weight excluding hydrogens is 678 g/mol. The summed E-state index contributed by atoms with van der Waals surface area (Å²) in [6.45, 7) is 3.32. The summed E-state index contributed by atoms with van der Waals surface area (Å²) in [6.07, 6.45) is 19.8. The summed E-state index contributed by atoms with van der Waals surface area (Å²) in [5, 5.41) is 1.95. The Morgan fingerprint density at radius 2 is 1.12 bits per heavy atom. The van der Waals surface area contributed by atoms with E-state index < -0.39 is 11.8 Å². The van der Waals surface area contributed by atoms with E-state index in [9.17, 15) is 52.7 Å². The second kappa shape index (κ2) is 31.1. The molecule has 0 aromatic heterocycles. The van der Waals surface area contributed by atoms with Gasteiger partial charge in [0, 0.05) is 63.7 Å². The smallest absolute Gasteiger partial charge is 0.309 e. The monoisotopic (exact) mass is 735 g/mol. The van der Waals surface area contributed by atoms with E-state index in [2.05, 4.69) is 5.73 Å². The van der Waals surface area contributed by atoms with E-state index in [0.29, 0.717) is 44.8 Å². The molecule has 0 spiro atoms. The predicted molar refractivity (Wildman–Crippen MR) is 189 cm³/mol. The zero-order valence-electron chi connectivity index (χ0n) is 30.3. The van der Waals surface area contributed by atoms with Crippen LogP contribution in [0.5, 0.6) is 0 Å². The molecule has 3 rings (SSSR count). The lowest BCUT2D eigenvalue weighted by molar-refractivity contribution is -0.137. The first-order chi connectivity index (χ1) is 25.1. The van der Waals surface area contributed by atoms with Crippen LogP contribution in [-0.2, 0) is 52.7 Å². The Morgan fingerprint density at radius 3 is 1.58 bits per heavy atom. The van der Waals surface area contributed by atoms with E-state index in [-0.39, 0.29) is 55.6 Å². The number of carbonyl (C=O) groups is 11. The third-order valence-electron chi connectivity index (χ3n) is 8.66. The van der Waals surface area contributed by atoms with Crippen LogP contribution in [-0.4, -0.2) is 128 Å². The van der Waals surface area contributed by atoms with Crippen molar-refractivity contribution in [2.75, 3.05) is 45.8 Å². The minimum absolute atomic E-state index is 0.0447. The molecule has 2 unspecified atom stereocenters. The van der Waals surface area contributed by atoms with Crippen molar-refractivity contribution in [2.45, 2.75) is 103 Å². The molecular formula is C36H57N5O11. The van der Waals surface area contributed by atoms with Gasteiger partial charge in [-0.2, -0.15) is 0 Å². The molecule has 0 aromatic carbocycles. The van der Waals surface area contributed by atoms with Gasteiger partial charge in [-0.3, -0.25) is 24.0 Å². The Kier molecular flexibility index (Phi) is 28.4. The topological polar surface area (TPSA) is 236 Å². The maximum atomic E-state index is 12.0. The number of nitrogens with one attached hydrogen (secondary N) is 1. The number of hydrogen-bond donors (Lipinski definition) is 2. The lowest BCUT2D eigenvalue weighted by atomic mass is 10.1. The second-order valence-corrected chi connectivity index (χ2v) is 12.5. The fourth-order valence-electron chi connectivity index (χ4n) is 5.75. The van der Waals surface area contributed by atoms with Gasteiger partial charge < -0.3 is 54.5 Å². The lowest BCUT2D eigenvalue weighted by Gasteiger charge is -2.16. The number of hydrogen-bond acceptors (Lipinski definition) is 11. The minimum atomic E-state index is -1.09. The number of aldehydes is 6. The normalized spacial score (nSPS) is 17.5. The summed E-state index contributed by atoms with van der Waals surface area (Å²) in [6, 6.07) is 0. The fraction of sp³-hybridized carbons (Fsp3) is 0.694. The highest BCUT2D eigenvalue weighted by Crippen LogP contribution is 2.21. The van der Waals surface area contributed by atoms with E-state index in [1.807, 2.05) is 10.2 Å².